The van der Waals surface area contributed by atoms with Crippen molar-refractivity contribution in [3.8, 4) is 0 Å². The van der Waals surface area contributed by atoms with Gasteiger partial charge in [0.25, 0.3) is 0 Å². The highest BCUT2D eigenvalue weighted by molar-refractivity contribution is 5.90. The highest BCUT2D eigenvalue weighted by atomic mass is 19.1. The van der Waals surface area contributed by atoms with Gasteiger partial charge in [-0.05, 0) is 37.5 Å². The number of esters is 1. The van der Waals surface area contributed by atoms with Gasteiger partial charge in [-0.1, -0.05) is 6.07 Å². The predicted octanol–water partition coefficient (Wildman–Crippen LogP) is 3.00. The monoisotopic (exact) mass is 334 g/mol. The van der Waals surface area contributed by atoms with Crippen LogP contribution in [0.4, 0.5) is 8.78 Å². The quantitative estimate of drug-likeness (QED) is 0.499. The van der Waals surface area contributed by atoms with E-state index in [1.807, 2.05) is 0 Å². The van der Waals surface area contributed by atoms with Crippen LogP contribution in [0.1, 0.15) is 23.9 Å². The molecule has 2 aromatic rings. The molecule has 0 radical (unpaired) electrons. The molecule has 0 saturated heterocycles. The van der Waals surface area contributed by atoms with Gasteiger partial charge in [0.15, 0.2) is 0 Å². The van der Waals surface area contributed by atoms with Crippen LogP contribution in [0.25, 0.3) is 6.08 Å². The van der Waals surface area contributed by atoms with Crippen molar-refractivity contribution in [3.63, 3.8) is 0 Å². The van der Waals surface area contributed by atoms with Gasteiger partial charge in [-0.3, -0.25) is 0 Å². The van der Waals surface area contributed by atoms with Gasteiger partial charge in [-0.25, -0.2) is 23.5 Å². The number of nitrogens with zero attached hydrogens (tertiary/aromatic N) is 2. The van der Waals surface area contributed by atoms with Gasteiger partial charge in [-0.15, -0.1) is 0 Å². The fourth-order valence-electron chi connectivity index (χ4n) is 2.02. The van der Waals surface area contributed by atoms with E-state index < -0.39 is 23.4 Å². The van der Waals surface area contributed by atoms with E-state index in [2.05, 4.69) is 14.7 Å². The smallest absolute Gasteiger partial charge is 0.373 e. The second kappa shape index (κ2) is 8.14. The average molecular weight is 334 g/mol. The van der Waals surface area contributed by atoms with Crippen molar-refractivity contribution in [1.82, 2.24) is 9.97 Å². The molecular weight excluding hydrogens is 318 g/mol. The number of aryl methyl sites for hydroxylation is 2. The first-order valence-corrected chi connectivity index (χ1v) is 7.32. The first kappa shape index (κ1) is 17.5. The van der Waals surface area contributed by atoms with Crippen LogP contribution in [-0.2, 0) is 22.4 Å². The summed E-state index contributed by atoms with van der Waals surface area (Å²) in [7, 11) is 0. The third kappa shape index (κ3) is 4.84. The van der Waals surface area contributed by atoms with E-state index in [1.165, 1.54) is 24.5 Å². The average Bonchev–Trinajstić information content (AvgIpc) is 2.54. The van der Waals surface area contributed by atoms with Crippen molar-refractivity contribution >= 4 is 12.0 Å². The number of aliphatic hydroxyl groups excluding tert-OH is 1. The Morgan fingerprint density at radius 3 is 2.75 bits per heavy atom. The maximum Gasteiger partial charge on any atom is 0.373 e. The third-order valence-electron chi connectivity index (χ3n) is 3.18. The summed E-state index contributed by atoms with van der Waals surface area (Å²) in [5, 5.41) is 9.60. The van der Waals surface area contributed by atoms with E-state index in [9.17, 15) is 18.7 Å². The van der Waals surface area contributed by atoms with Crippen LogP contribution in [-0.4, -0.2) is 27.7 Å². The maximum absolute atomic E-state index is 13.6. The molecule has 0 aliphatic rings. The lowest BCUT2D eigenvalue weighted by Gasteiger charge is -2.04. The molecule has 0 atom stereocenters. The van der Waals surface area contributed by atoms with Crippen LogP contribution in [0.2, 0.25) is 0 Å². The van der Waals surface area contributed by atoms with Gasteiger partial charge in [0.1, 0.15) is 18.0 Å². The Bertz CT molecular complexity index is 763. The number of aromatic nitrogens is 2. The Morgan fingerprint density at radius 1 is 1.25 bits per heavy atom. The Balaban J connectivity index is 2.07. The number of halogens is 2. The largest absolute Gasteiger partial charge is 0.502 e. The Morgan fingerprint density at radius 2 is 2.04 bits per heavy atom. The third-order valence-corrected chi connectivity index (χ3v) is 3.18. The summed E-state index contributed by atoms with van der Waals surface area (Å²) < 4.78 is 31.1. The number of ether oxygens (including phenoxy) is 1. The minimum atomic E-state index is -0.842. The van der Waals surface area contributed by atoms with E-state index in [-0.39, 0.29) is 6.61 Å². The van der Waals surface area contributed by atoms with Crippen LogP contribution in [0, 0.1) is 11.6 Å². The van der Waals surface area contributed by atoms with E-state index in [4.69, 9.17) is 0 Å². The molecule has 7 heteroatoms. The highest BCUT2D eigenvalue weighted by Crippen LogP contribution is 2.13. The van der Waals surface area contributed by atoms with E-state index in [0.29, 0.717) is 29.8 Å². The van der Waals surface area contributed by atoms with Gasteiger partial charge in [0.05, 0.1) is 12.3 Å². The van der Waals surface area contributed by atoms with E-state index in [0.717, 1.165) is 6.07 Å². The summed E-state index contributed by atoms with van der Waals surface area (Å²) in [6.07, 6.45) is 3.17. The summed E-state index contributed by atoms with van der Waals surface area (Å²) in [5.74, 6) is -2.64. The van der Waals surface area contributed by atoms with Crippen LogP contribution >= 0.6 is 0 Å². The number of rotatable bonds is 6. The molecule has 0 unspecified atom stereocenters. The fourth-order valence-corrected chi connectivity index (χ4v) is 2.02. The predicted molar refractivity (Wildman–Crippen MR) is 83.0 cm³/mol. The van der Waals surface area contributed by atoms with Gasteiger partial charge >= 0.3 is 5.97 Å². The van der Waals surface area contributed by atoms with Gasteiger partial charge in [0.2, 0.25) is 5.76 Å². The standard InChI is InChI=1S/C17H16F2N2O3/c1-2-24-17(23)16(22)9-14-8-13(20-10-21-14)6-4-11-3-5-12(18)7-15(11)19/h3,5,7-10,22H,2,4,6H2,1H3/b16-9-. The zero-order valence-electron chi connectivity index (χ0n) is 13.0. The molecule has 5 nitrogen and oxygen atoms in total. The molecule has 126 valence electrons. The maximum atomic E-state index is 13.6. The fraction of sp³-hybridized carbons (Fsp3) is 0.235. The summed E-state index contributed by atoms with van der Waals surface area (Å²) >= 11 is 0. The highest BCUT2D eigenvalue weighted by Gasteiger charge is 2.09. The van der Waals surface area contributed by atoms with Gasteiger partial charge < -0.3 is 9.84 Å². The lowest BCUT2D eigenvalue weighted by molar-refractivity contribution is -0.141. The van der Waals surface area contributed by atoms with Crippen LogP contribution in [0.15, 0.2) is 36.4 Å². The molecule has 1 N–H and O–H groups in total. The number of carbonyl (C=O) groups is 1. The van der Waals surface area contributed by atoms with Crippen molar-refractivity contribution < 1.29 is 23.4 Å². The lowest BCUT2D eigenvalue weighted by atomic mass is 10.1. The molecular formula is C17H16F2N2O3. The summed E-state index contributed by atoms with van der Waals surface area (Å²) in [6.45, 7) is 1.78. The number of aliphatic hydroxyl groups is 1. The van der Waals surface area contributed by atoms with E-state index >= 15 is 0 Å². The molecule has 1 aromatic carbocycles. The Kier molecular flexibility index (Phi) is 5.95. The Labute approximate surface area is 137 Å². The number of carbonyl (C=O) groups excluding carboxylic acids is 1. The molecule has 2 rings (SSSR count). The molecule has 0 amide bonds. The normalized spacial score (nSPS) is 11.4. The molecule has 0 aliphatic heterocycles. The topological polar surface area (TPSA) is 72.3 Å². The molecule has 0 saturated carbocycles. The zero-order chi connectivity index (χ0) is 17.5. The molecule has 1 aromatic heterocycles. The van der Waals surface area contributed by atoms with Crippen molar-refractivity contribution in [2.75, 3.05) is 6.61 Å². The number of hydrogen-bond acceptors (Lipinski definition) is 5. The second-order valence-electron chi connectivity index (χ2n) is 4.92. The van der Waals surface area contributed by atoms with Crippen molar-refractivity contribution in [3.05, 3.63) is 64.9 Å². The van der Waals surface area contributed by atoms with Crippen molar-refractivity contribution in [2.24, 2.45) is 0 Å². The first-order chi connectivity index (χ1) is 11.5. The first-order valence-electron chi connectivity index (χ1n) is 7.32. The van der Waals surface area contributed by atoms with Crippen LogP contribution in [0.3, 0.4) is 0 Å². The number of benzene rings is 1. The summed E-state index contributed by atoms with van der Waals surface area (Å²) in [6, 6.07) is 4.99. The molecule has 24 heavy (non-hydrogen) atoms. The van der Waals surface area contributed by atoms with Crippen LogP contribution < -0.4 is 0 Å². The molecule has 0 spiro atoms. The van der Waals surface area contributed by atoms with Gasteiger partial charge in [0, 0.05) is 17.8 Å². The van der Waals surface area contributed by atoms with Gasteiger partial charge in [-0.2, -0.15) is 0 Å². The Hall–Kier alpha value is -2.83. The minimum Gasteiger partial charge on any atom is -0.502 e. The zero-order valence-corrected chi connectivity index (χ0v) is 13.0. The van der Waals surface area contributed by atoms with Crippen molar-refractivity contribution in [1.29, 1.82) is 0 Å². The SMILES string of the molecule is CCOC(=O)/C(O)=C/c1cc(CCc2ccc(F)cc2F)ncn1. The molecule has 0 fully saturated rings. The minimum absolute atomic E-state index is 0.148. The van der Waals surface area contributed by atoms with E-state index in [1.54, 1.807) is 13.0 Å². The second-order valence-corrected chi connectivity index (χ2v) is 4.92. The lowest BCUT2D eigenvalue weighted by Crippen LogP contribution is -2.07. The molecule has 0 bridgehead atoms. The molecule has 1 heterocycles. The summed E-state index contributed by atoms with van der Waals surface area (Å²) in [5.41, 5.74) is 1.29. The summed E-state index contributed by atoms with van der Waals surface area (Å²) in [4.78, 5) is 19.3. The number of hydrogen-bond donors (Lipinski definition) is 1. The van der Waals surface area contributed by atoms with Crippen molar-refractivity contribution in [2.45, 2.75) is 19.8 Å². The molecule has 0 aliphatic carbocycles. The van der Waals surface area contributed by atoms with Crippen LogP contribution in [0.5, 0.6) is 0 Å².